The summed E-state index contributed by atoms with van der Waals surface area (Å²) in [5, 5.41) is 14.0. The quantitative estimate of drug-likeness (QED) is 0.899. The maximum Gasteiger partial charge on any atom is 0.120 e. The molecule has 2 heterocycles. The zero-order chi connectivity index (χ0) is 12.3. The van der Waals surface area contributed by atoms with Crippen molar-refractivity contribution >= 4 is 11.3 Å². The van der Waals surface area contributed by atoms with Gasteiger partial charge in [0.1, 0.15) is 17.6 Å². The van der Waals surface area contributed by atoms with Crippen LogP contribution in [0, 0.1) is 18.3 Å². The van der Waals surface area contributed by atoms with Crippen LogP contribution in [0.2, 0.25) is 0 Å². The molecule has 0 aromatic carbocycles. The van der Waals surface area contributed by atoms with Gasteiger partial charge < -0.3 is 9.73 Å². The molecule has 2 aromatic heterocycles. The van der Waals surface area contributed by atoms with E-state index < -0.39 is 0 Å². The molecule has 0 aliphatic heterocycles. The summed E-state index contributed by atoms with van der Waals surface area (Å²) in [6.45, 7) is 4.76. The highest BCUT2D eigenvalue weighted by Crippen LogP contribution is 2.18. The minimum Gasteiger partial charge on any atom is -0.465 e. The van der Waals surface area contributed by atoms with Crippen LogP contribution in [0.25, 0.3) is 0 Å². The first-order valence-electron chi connectivity index (χ1n) is 5.46. The Morgan fingerprint density at radius 3 is 2.94 bits per heavy atom. The molecule has 17 heavy (non-hydrogen) atoms. The summed E-state index contributed by atoms with van der Waals surface area (Å²) in [5.74, 6) is 1.87. The van der Waals surface area contributed by atoms with Gasteiger partial charge in [-0.1, -0.05) is 0 Å². The van der Waals surface area contributed by atoms with Crippen molar-refractivity contribution in [1.82, 2.24) is 5.32 Å². The van der Waals surface area contributed by atoms with E-state index in [0.717, 1.165) is 28.5 Å². The summed E-state index contributed by atoms with van der Waals surface area (Å²) in [7, 11) is 0. The standard InChI is InChI=1S/C13H14N2OS/c1-9-3-4-13(16-9)10(2)15-7-12-5-11(6-14)8-17-12/h3-5,8,10,15H,7H2,1-2H3. The fourth-order valence-electron chi connectivity index (χ4n) is 1.57. The van der Waals surface area contributed by atoms with Gasteiger partial charge in [0.15, 0.2) is 0 Å². The Balaban J connectivity index is 1.92. The Morgan fingerprint density at radius 1 is 1.53 bits per heavy atom. The maximum absolute atomic E-state index is 8.73. The molecule has 3 nitrogen and oxygen atoms in total. The van der Waals surface area contributed by atoms with E-state index in [4.69, 9.17) is 9.68 Å². The van der Waals surface area contributed by atoms with E-state index in [9.17, 15) is 0 Å². The predicted molar refractivity (Wildman–Crippen MR) is 67.7 cm³/mol. The first-order chi connectivity index (χ1) is 8.19. The fourth-order valence-corrected chi connectivity index (χ4v) is 2.33. The lowest BCUT2D eigenvalue weighted by Gasteiger charge is -2.09. The minimum atomic E-state index is 0.177. The highest BCUT2D eigenvalue weighted by molar-refractivity contribution is 7.10. The molecule has 0 bridgehead atoms. The summed E-state index contributed by atoms with van der Waals surface area (Å²) in [6, 6.07) is 8.18. The Labute approximate surface area is 105 Å². The van der Waals surface area contributed by atoms with Crippen molar-refractivity contribution < 1.29 is 4.42 Å². The van der Waals surface area contributed by atoms with Gasteiger partial charge in [0.05, 0.1) is 11.6 Å². The molecule has 0 amide bonds. The molecule has 1 unspecified atom stereocenters. The van der Waals surface area contributed by atoms with Gasteiger partial charge in [-0.3, -0.25) is 0 Å². The predicted octanol–water partition coefficient (Wildman–Crippen LogP) is 3.37. The molecule has 1 atom stereocenters. The van der Waals surface area contributed by atoms with Crippen LogP contribution in [0.4, 0.5) is 0 Å². The van der Waals surface area contributed by atoms with Crippen LogP contribution < -0.4 is 5.32 Å². The largest absolute Gasteiger partial charge is 0.465 e. The van der Waals surface area contributed by atoms with Gasteiger partial charge in [-0.15, -0.1) is 11.3 Å². The molecule has 0 radical (unpaired) electrons. The summed E-state index contributed by atoms with van der Waals surface area (Å²) in [5.41, 5.74) is 0.730. The number of aryl methyl sites for hydroxylation is 1. The summed E-state index contributed by atoms with van der Waals surface area (Å²) < 4.78 is 5.55. The number of hydrogen-bond donors (Lipinski definition) is 1. The number of furan rings is 1. The third kappa shape index (κ3) is 2.96. The van der Waals surface area contributed by atoms with Crippen LogP contribution >= 0.6 is 11.3 Å². The Hall–Kier alpha value is -1.57. The molecule has 0 spiro atoms. The number of rotatable bonds is 4. The lowest BCUT2D eigenvalue weighted by atomic mass is 10.2. The lowest BCUT2D eigenvalue weighted by molar-refractivity contribution is 0.416. The molecule has 2 aromatic rings. The van der Waals surface area contributed by atoms with E-state index in [1.54, 1.807) is 11.3 Å². The van der Waals surface area contributed by atoms with Crippen LogP contribution in [0.5, 0.6) is 0 Å². The second-order valence-electron chi connectivity index (χ2n) is 3.96. The van der Waals surface area contributed by atoms with Crippen molar-refractivity contribution in [1.29, 1.82) is 5.26 Å². The zero-order valence-electron chi connectivity index (χ0n) is 9.86. The highest BCUT2D eigenvalue weighted by Gasteiger charge is 2.09. The SMILES string of the molecule is Cc1ccc(C(C)NCc2cc(C#N)cs2)o1. The molecular formula is C13H14N2OS. The second-order valence-corrected chi connectivity index (χ2v) is 4.96. The minimum absolute atomic E-state index is 0.177. The molecule has 88 valence electrons. The van der Waals surface area contributed by atoms with Crippen LogP contribution in [0.15, 0.2) is 28.0 Å². The average molecular weight is 246 g/mol. The maximum atomic E-state index is 8.73. The highest BCUT2D eigenvalue weighted by atomic mass is 32.1. The first-order valence-corrected chi connectivity index (χ1v) is 6.34. The van der Waals surface area contributed by atoms with Gasteiger partial charge in [0.2, 0.25) is 0 Å². The monoisotopic (exact) mass is 246 g/mol. The molecule has 1 N–H and O–H groups in total. The molecule has 4 heteroatoms. The van der Waals surface area contributed by atoms with Crippen molar-refractivity contribution in [3.8, 4) is 6.07 Å². The van der Waals surface area contributed by atoms with Gasteiger partial charge in [-0.2, -0.15) is 5.26 Å². The molecule has 0 fully saturated rings. The molecule has 0 saturated heterocycles. The molecule has 0 aliphatic carbocycles. The Kier molecular flexibility index (Phi) is 3.62. The van der Waals surface area contributed by atoms with E-state index in [-0.39, 0.29) is 6.04 Å². The molecule has 2 rings (SSSR count). The number of hydrogen-bond acceptors (Lipinski definition) is 4. The van der Waals surface area contributed by atoms with Gasteiger partial charge >= 0.3 is 0 Å². The van der Waals surface area contributed by atoms with E-state index in [0.29, 0.717) is 0 Å². The van der Waals surface area contributed by atoms with Crippen molar-refractivity contribution in [3.63, 3.8) is 0 Å². The number of nitriles is 1. The zero-order valence-corrected chi connectivity index (χ0v) is 10.7. The van der Waals surface area contributed by atoms with Crippen molar-refractivity contribution in [2.75, 3.05) is 0 Å². The Morgan fingerprint density at radius 2 is 2.35 bits per heavy atom. The first kappa shape index (κ1) is 11.9. The summed E-state index contributed by atoms with van der Waals surface area (Å²) in [6.07, 6.45) is 0. The van der Waals surface area contributed by atoms with Gasteiger partial charge in [0.25, 0.3) is 0 Å². The van der Waals surface area contributed by atoms with Crippen molar-refractivity contribution in [2.24, 2.45) is 0 Å². The molecular weight excluding hydrogens is 232 g/mol. The van der Waals surface area contributed by atoms with Gasteiger partial charge in [-0.05, 0) is 32.0 Å². The third-order valence-electron chi connectivity index (χ3n) is 2.55. The molecule has 0 aliphatic rings. The normalized spacial score (nSPS) is 12.3. The van der Waals surface area contributed by atoms with Crippen LogP contribution in [-0.2, 0) is 6.54 Å². The van der Waals surface area contributed by atoms with E-state index in [1.807, 2.05) is 30.5 Å². The average Bonchev–Trinajstić information content (AvgIpc) is 2.94. The molecule has 0 saturated carbocycles. The van der Waals surface area contributed by atoms with Crippen LogP contribution in [-0.4, -0.2) is 0 Å². The second kappa shape index (κ2) is 5.17. The number of nitrogens with one attached hydrogen (secondary N) is 1. The van der Waals surface area contributed by atoms with E-state index in [2.05, 4.69) is 18.3 Å². The van der Waals surface area contributed by atoms with E-state index >= 15 is 0 Å². The third-order valence-corrected chi connectivity index (χ3v) is 3.49. The van der Waals surface area contributed by atoms with Crippen LogP contribution in [0.3, 0.4) is 0 Å². The van der Waals surface area contributed by atoms with Gasteiger partial charge in [-0.25, -0.2) is 0 Å². The fraction of sp³-hybridized carbons (Fsp3) is 0.308. The van der Waals surface area contributed by atoms with Gasteiger partial charge in [0, 0.05) is 16.8 Å². The Bertz CT molecular complexity index is 536. The smallest absolute Gasteiger partial charge is 0.120 e. The summed E-state index contributed by atoms with van der Waals surface area (Å²) in [4.78, 5) is 1.16. The topological polar surface area (TPSA) is 49.0 Å². The van der Waals surface area contributed by atoms with Crippen molar-refractivity contribution in [3.05, 3.63) is 45.5 Å². The van der Waals surface area contributed by atoms with Crippen molar-refractivity contribution in [2.45, 2.75) is 26.4 Å². The van der Waals surface area contributed by atoms with E-state index in [1.165, 1.54) is 0 Å². The number of nitrogens with zero attached hydrogens (tertiary/aromatic N) is 1. The number of thiophene rings is 1. The summed E-state index contributed by atoms with van der Waals surface area (Å²) >= 11 is 1.60. The lowest BCUT2D eigenvalue weighted by Crippen LogP contribution is -2.16. The van der Waals surface area contributed by atoms with Crippen LogP contribution in [0.1, 0.15) is 34.9 Å².